The van der Waals surface area contributed by atoms with Crippen LogP contribution in [0, 0.1) is 0 Å². The summed E-state index contributed by atoms with van der Waals surface area (Å²) in [5.41, 5.74) is 2.71. The number of ketones is 1. The summed E-state index contributed by atoms with van der Waals surface area (Å²) in [6, 6.07) is 7.44. The molecule has 0 saturated heterocycles. The third kappa shape index (κ3) is 1.30. The first kappa shape index (κ1) is 9.40. The predicted octanol–water partition coefficient (Wildman–Crippen LogP) is 2.91. The van der Waals surface area contributed by atoms with Crippen LogP contribution in [0.5, 0.6) is 5.75 Å². The molecule has 2 heteroatoms. The van der Waals surface area contributed by atoms with Crippen molar-refractivity contribution >= 4 is 5.78 Å². The second-order valence-electron chi connectivity index (χ2n) is 4.27. The molecule has 80 valence electrons. The number of benzene rings is 1. The van der Waals surface area contributed by atoms with Gasteiger partial charge in [-0.3, -0.25) is 4.79 Å². The molecule has 0 unspecified atom stereocenters. The second-order valence-corrected chi connectivity index (χ2v) is 4.27. The lowest BCUT2D eigenvalue weighted by molar-refractivity contribution is 0.0960. The standard InChI is InChI=1S/C14H12O2/c1-9-6-7-11-13(8-9)16-12-5-3-2-4-10(12)14(11)15/h2-7,13H,8H2,1H3/t13-/m1/s1. The van der Waals surface area contributed by atoms with Crippen LogP contribution in [0.1, 0.15) is 23.7 Å². The molecule has 1 heterocycles. The predicted molar refractivity (Wildman–Crippen MR) is 61.6 cm³/mol. The Labute approximate surface area is 94.2 Å². The first-order valence-electron chi connectivity index (χ1n) is 5.43. The van der Waals surface area contributed by atoms with Gasteiger partial charge in [0.05, 0.1) is 5.56 Å². The number of rotatable bonds is 0. The summed E-state index contributed by atoms with van der Waals surface area (Å²) in [6.45, 7) is 2.06. The van der Waals surface area contributed by atoms with E-state index < -0.39 is 0 Å². The lowest BCUT2D eigenvalue weighted by atomic mass is 9.88. The summed E-state index contributed by atoms with van der Waals surface area (Å²) in [4.78, 5) is 12.2. The van der Waals surface area contributed by atoms with E-state index in [9.17, 15) is 4.79 Å². The fraction of sp³-hybridized carbons (Fsp3) is 0.214. The van der Waals surface area contributed by atoms with Crippen molar-refractivity contribution in [1.82, 2.24) is 0 Å². The Morgan fingerprint density at radius 1 is 1.25 bits per heavy atom. The van der Waals surface area contributed by atoms with Crippen molar-refractivity contribution in [3.8, 4) is 5.75 Å². The molecule has 0 radical (unpaired) electrons. The molecule has 1 aliphatic carbocycles. The van der Waals surface area contributed by atoms with Gasteiger partial charge >= 0.3 is 0 Å². The van der Waals surface area contributed by atoms with Gasteiger partial charge in [0.2, 0.25) is 0 Å². The summed E-state index contributed by atoms with van der Waals surface area (Å²) >= 11 is 0. The van der Waals surface area contributed by atoms with Crippen LogP contribution in [0.25, 0.3) is 0 Å². The van der Waals surface area contributed by atoms with Crippen molar-refractivity contribution in [1.29, 1.82) is 0 Å². The van der Waals surface area contributed by atoms with Gasteiger partial charge in [0.25, 0.3) is 0 Å². The van der Waals surface area contributed by atoms with Crippen LogP contribution in [0.4, 0.5) is 0 Å². The molecule has 2 aliphatic rings. The highest BCUT2D eigenvalue weighted by Crippen LogP contribution is 2.34. The van der Waals surface area contributed by atoms with Gasteiger partial charge < -0.3 is 4.74 Å². The molecule has 2 nitrogen and oxygen atoms in total. The molecular formula is C14H12O2. The Morgan fingerprint density at radius 3 is 2.94 bits per heavy atom. The van der Waals surface area contributed by atoms with E-state index in [1.165, 1.54) is 5.57 Å². The van der Waals surface area contributed by atoms with Crippen molar-refractivity contribution in [3.63, 3.8) is 0 Å². The van der Waals surface area contributed by atoms with E-state index in [0.717, 1.165) is 12.0 Å². The molecule has 0 fully saturated rings. The SMILES string of the molecule is CC1=CC=C2C(=O)c3ccccc3O[C@@H]2C1. The van der Waals surface area contributed by atoms with Gasteiger partial charge in [-0.05, 0) is 19.1 Å². The van der Waals surface area contributed by atoms with Crippen molar-refractivity contribution in [3.05, 3.63) is 53.1 Å². The summed E-state index contributed by atoms with van der Waals surface area (Å²) in [6.07, 6.45) is 4.61. The zero-order valence-corrected chi connectivity index (χ0v) is 9.07. The topological polar surface area (TPSA) is 26.3 Å². The summed E-state index contributed by atoms with van der Waals surface area (Å²) < 4.78 is 5.85. The Hall–Kier alpha value is -1.83. The van der Waals surface area contributed by atoms with Gasteiger partial charge in [0, 0.05) is 12.0 Å². The third-order valence-electron chi connectivity index (χ3n) is 3.06. The molecule has 0 saturated carbocycles. The fourth-order valence-electron chi connectivity index (χ4n) is 2.20. The molecule has 1 aromatic carbocycles. The van der Waals surface area contributed by atoms with Gasteiger partial charge in [0.15, 0.2) is 5.78 Å². The molecule has 1 aromatic rings. The number of hydrogen-bond donors (Lipinski definition) is 0. The van der Waals surface area contributed by atoms with Crippen LogP contribution in [0.2, 0.25) is 0 Å². The minimum atomic E-state index is -0.0904. The Kier molecular flexibility index (Phi) is 1.96. The van der Waals surface area contributed by atoms with Gasteiger partial charge in [0.1, 0.15) is 11.9 Å². The van der Waals surface area contributed by atoms with Crippen LogP contribution in [0.15, 0.2) is 47.6 Å². The number of hydrogen-bond acceptors (Lipinski definition) is 2. The maximum absolute atomic E-state index is 12.2. The number of fused-ring (bicyclic) bond motifs is 2. The van der Waals surface area contributed by atoms with Gasteiger partial charge in [-0.25, -0.2) is 0 Å². The first-order valence-corrected chi connectivity index (χ1v) is 5.43. The van der Waals surface area contributed by atoms with Crippen molar-refractivity contribution in [2.24, 2.45) is 0 Å². The fourth-order valence-corrected chi connectivity index (χ4v) is 2.20. The highest BCUT2D eigenvalue weighted by atomic mass is 16.5. The minimum absolute atomic E-state index is 0.0904. The van der Waals surface area contributed by atoms with E-state index in [4.69, 9.17) is 4.74 Å². The van der Waals surface area contributed by atoms with Crippen molar-refractivity contribution in [2.75, 3.05) is 0 Å². The normalized spacial score (nSPS) is 22.6. The highest BCUT2D eigenvalue weighted by molar-refractivity contribution is 6.12. The van der Waals surface area contributed by atoms with E-state index in [1.807, 2.05) is 36.4 Å². The molecule has 3 rings (SSSR count). The number of para-hydroxylation sites is 1. The number of allylic oxidation sites excluding steroid dienone is 2. The molecule has 0 aromatic heterocycles. The average Bonchev–Trinajstić information content (AvgIpc) is 2.29. The zero-order chi connectivity index (χ0) is 11.1. The van der Waals surface area contributed by atoms with Crippen LogP contribution in [-0.2, 0) is 0 Å². The van der Waals surface area contributed by atoms with E-state index >= 15 is 0 Å². The second kappa shape index (κ2) is 3.34. The molecule has 0 N–H and O–H groups in total. The smallest absolute Gasteiger partial charge is 0.196 e. The highest BCUT2D eigenvalue weighted by Gasteiger charge is 2.32. The molecule has 0 spiro atoms. The lowest BCUT2D eigenvalue weighted by Crippen LogP contribution is -2.31. The maximum Gasteiger partial charge on any atom is 0.196 e. The van der Waals surface area contributed by atoms with Crippen LogP contribution < -0.4 is 4.74 Å². The van der Waals surface area contributed by atoms with Gasteiger partial charge in [-0.2, -0.15) is 0 Å². The number of carbonyl (C=O) groups is 1. The molecule has 1 aliphatic heterocycles. The van der Waals surface area contributed by atoms with E-state index in [0.29, 0.717) is 11.3 Å². The summed E-state index contributed by atoms with van der Waals surface area (Å²) in [7, 11) is 0. The van der Waals surface area contributed by atoms with Crippen LogP contribution >= 0.6 is 0 Å². The minimum Gasteiger partial charge on any atom is -0.484 e. The monoisotopic (exact) mass is 212 g/mol. The van der Waals surface area contributed by atoms with E-state index in [2.05, 4.69) is 6.92 Å². The first-order chi connectivity index (χ1) is 7.75. The molecule has 1 atom stereocenters. The zero-order valence-electron chi connectivity index (χ0n) is 9.07. The van der Waals surface area contributed by atoms with Crippen LogP contribution in [0.3, 0.4) is 0 Å². The Balaban J connectivity index is 2.11. The number of Topliss-reactive ketones (excluding diaryl/α,β-unsaturated/α-hetero) is 1. The van der Waals surface area contributed by atoms with Crippen molar-refractivity contribution < 1.29 is 9.53 Å². The van der Waals surface area contributed by atoms with Crippen molar-refractivity contribution in [2.45, 2.75) is 19.4 Å². The molecule has 16 heavy (non-hydrogen) atoms. The maximum atomic E-state index is 12.2. The van der Waals surface area contributed by atoms with E-state index in [-0.39, 0.29) is 11.9 Å². The van der Waals surface area contributed by atoms with Gasteiger partial charge in [-0.15, -0.1) is 0 Å². The lowest BCUT2D eigenvalue weighted by Gasteiger charge is -2.29. The molecule has 0 bridgehead atoms. The summed E-state index contributed by atoms with van der Waals surface area (Å²) in [5, 5.41) is 0. The Morgan fingerprint density at radius 2 is 2.06 bits per heavy atom. The van der Waals surface area contributed by atoms with Crippen LogP contribution in [-0.4, -0.2) is 11.9 Å². The molecule has 0 amide bonds. The molecular weight excluding hydrogens is 200 g/mol. The average molecular weight is 212 g/mol. The van der Waals surface area contributed by atoms with E-state index in [1.54, 1.807) is 0 Å². The number of carbonyl (C=O) groups excluding carboxylic acids is 1. The Bertz CT molecular complexity index is 523. The van der Waals surface area contributed by atoms with Gasteiger partial charge in [-0.1, -0.05) is 29.9 Å². The number of ether oxygens (including phenoxy) is 1. The quantitative estimate of drug-likeness (QED) is 0.661. The summed E-state index contributed by atoms with van der Waals surface area (Å²) in [5.74, 6) is 0.819. The third-order valence-corrected chi connectivity index (χ3v) is 3.06. The largest absolute Gasteiger partial charge is 0.484 e.